The Balaban J connectivity index is 1.49. The van der Waals surface area contributed by atoms with Crippen molar-refractivity contribution in [3.05, 3.63) is 32.1 Å². The van der Waals surface area contributed by atoms with E-state index in [0.717, 1.165) is 0 Å². The standard InChI is InChI=1S/C15H16Cl2N4O3S/c1-9-6-12(19-24-9)18-13(22)8-20-2-4-21(5-3-20)15(23)10-7-11(16)25-14(10)17/h6-7H,2-5,8H2,1H3,(H,18,19,22). The van der Waals surface area contributed by atoms with Gasteiger partial charge in [-0.2, -0.15) is 0 Å². The third-order valence-corrected chi connectivity index (χ3v) is 5.30. The van der Waals surface area contributed by atoms with Crippen LogP contribution < -0.4 is 5.32 Å². The second-order valence-corrected chi connectivity index (χ2v) is 7.96. The normalized spacial score (nSPS) is 15.4. The van der Waals surface area contributed by atoms with E-state index in [1.54, 1.807) is 24.0 Å². The number of carbonyl (C=O) groups excluding carboxylic acids is 2. The number of aromatic nitrogens is 1. The molecule has 10 heteroatoms. The van der Waals surface area contributed by atoms with E-state index in [4.69, 9.17) is 27.7 Å². The van der Waals surface area contributed by atoms with Crippen LogP contribution in [0.25, 0.3) is 0 Å². The van der Waals surface area contributed by atoms with Crippen LogP contribution in [0, 0.1) is 6.92 Å². The first kappa shape index (κ1) is 18.2. The van der Waals surface area contributed by atoms with Crippen LogP contribution in [-0.4, -0.2) is 59.5 Å². The van der Waals surface area contributed by atoms with Gasteiger partial charge in [-0.25, -0.2) is 0 Å². The van der Waals surface area contributed by atoms with Crippen molar-refractivity contribution >= 4 is 52.2 Å². The highest BCUT2D eigenvalue weighted by Crippen LogP contribution is 2.32. The molecule has 3 rings (SSSR count). The minimum Gasteiger partial charge on any atom is -0.360 e. The van der Waals surface area contributed by atoms with E-state index in [-0.39, 0.29) is 18.4 Å². The minimum absolute atomic E-state index is 0.129. The number of nitrogens with zero attached hydrogens (tertiary/aromatic N) is 3. The molecular weight excluding hydrogens is 387 g/mol. The zero-order valence-corrected chi connectivity index (χ0v) is 15.7. The summed E-state index contributed by atoms with van der Waals surface area (Å²) in [7, 11) is 0. The summed E-state index contributed by atoms with van der Waals surface area (Å²) in [5.74, 6) is 0.742. The third-order valence-electron chi connectivity index (χ3n) is 3.81. The Morgan fingerprint density at radius 1 is 1.28 bits per heavy atom. The molecule has 0 saturated carbocycles. The first-order valence-corrected chi connectivity index (χ1v) is 9.19. The number of thiophene rings is 1. The smallest absolute Gasteiger partial charge is 0.256 e. The van der Waals surface area contributed by atoms with Gasteiger partial charge in [-0.3, -0.25) is 14.5 Å². The van der Waals surface area contributed by atoms with E-state index in [2.05, 4.69) is 10.5 Å². The lowest BCUT2D eigenvalue weighted by atomic mass is 10.2. The summed E-state index contributed by atoms with van der Waals surface area (Å²) >= 11 is 13.1. The van der Waals surface area contributed by atoms with E-state index in [1.165, 1.54) is 11.3 Å². The van der Waals surface area contributed by atoms with Gasteiger partial charge in [0.25, 0.3) is 5.91 Å². The van der Waals surface area contributed by atoms with E-state index in [1.807, 2.05) is 4.90 Å². The van der Waals surface area contributed by atoms with Gasteiger partial charge in [0.1, 0.15) is 10.1 Å². The van der Waals surface area contributed by atoms with Crippen molar-refractivity contribution in [2.75, 3.05) is 38.0 Å². The van der Waals surface area contributed by atoms with Gasteiger partial charge in [0.15, 0.2) is 5.82 Å². The Kier molecular flexibility index (Phi) is 5.63. The molecule has 1 aliphatic heterocycles. The van der Waals surface area contributed by atoms with Crippen LogP contribution >= 0.6 is 34.5 Å². The summed E-state index contributed by atoms with van der Waals surface area (Å²) < 4.78 is 5.80. The van der Waals surface area contributed by atoms with E-state index < -0.39 is 0 Å². The van der Waals surface area contributed by atoms with Crippen LogP contribution in [0.1, 0.15) is 16.1 Å². The van der Waals surface area contributed by atoms with Gasteiger partial charge in [-0.1, -0.05) is 28.4 Å². The Labute approximate surface area is 158 Å². The van der Waals surface area contributed by atoms with Crippen LogP contribution in [0.2, 0.25) is 8.67 Å². The number of hydrogen-bond acceptors (Lipinski definition) is 6. The summed E-state index contributed by atoms with van der Waals surface area (Å²) in [6, 6.07) is 3.25. The van der Waals surface area contributed by atoms with Crippen LogP contribution in [0.15, 0.2) is 16.7 Å². The number of hydrogen-bond donors (Lipinski definition) is 1. The van der Waals surface area contributed by atoms with Gasteiger partial charge >= 0.3 is 0 Å². The summed E-state index contributed by atoms with van der Waals surface area (Å²) in [4.78, 5) is 28.2. The van der Waals surface area contributed by atoms with Crippen molar-refractivity contribution in [3.8, 4) is 0 Å². The highest BCUT2D eigenvalue weighted by molar-refractivity contribution is 7.20. The van der Waals surface area contributed by atoms with Crippen LogP contribution in [0.5, 0.6) is 0 Å². The predicted molar refractivity (Wildman–Crippen MR) is 96.6 cm³/mol. The van der Waals surface area contributed by atoms with Crippen LogP contribution in [0.3, 0.4) is 0 Å². The molecule has 0 aromatic carbocycles. The number of piperazine rings is 1. The topological polar surface area (TPSA) is 78.7 Å². The number of halogens is 2. The monoisotopic (exact) mass is 402 g/mol. The Hall–Kier alpha value is -1.61. The molecule has 2 aromatic rings. The molecule has 134 valence electrons. The number of amides is 2. The van der Waals surface area contributed by atoms with Gasteiger partial charge in [0.2, 0.25) is 5.91 Å². The number of nitrogens with one attached hydrogen (secondary N) is 1. The molecule has 1 aliphatic rings. The third kappa shape index (κ3) is 4.52. The average molecular weight is 403 g/mol. The molecule has 1 fully saturated rings. The molecule has 0 atom stereocenters. The lowest BCUT2D eigenvalue weighted by Gasteiger charge is -2.34. The van der Waals surface area contributed by atoms with Gasteiger partial charge in [0, 0.05) is 32.2 Å². The fraction of sp³-hybridized carbons (Fsp3) is 0.400. The average Bonchev–Trinajstić information content (AvgIpc) is 3.12. The number of anilines is 1. The van der Waals surface area contributed by atoms with Crippen molar-refractivity contribution in [1.29, 1.82) is 0 Å². The fourth-order valence-electron chi connectivity index (χ4n) is 2.58. The van der Waals surface area contributed by atoms with E-state index >= 15 is 0 Å². The SMILES string of the molecule is Cc1cc(NC(=O)CN2CCN(C(=O)c3cc(Cl)sc3Cl)CC2)no1. The van der Waals surface area contributed by atoms with Gasteiger partial charge < -0.3 is 14.7 Å². The van der Waals surface area contributed by atoms with Crippen molar-refractivity contribution in [3.63, 3.8) is 0 Å². The van der Waals surface area contributed by atoms with Gasteiger partial charge in [0.05, 0.1) is 16.4 Å². The number of rotatable bonds is 4. The molecule has 0 radical (unpaired) electrons. The predicted octanol–water partition coefficient (Wildman–Crippen LogP) is 2.75. The zero-order valence-electron chi connectivity index (χ0n) is 13.4. The summed E-state index contributed by atoms with van der Waals surface area (Å²) in [5.41, 5.74) is 0.435. The molecule has 2 aromatic heterocycles. The van der Waals surface area contributed by atoms with E-state index in [9.17, 15) is 9.59 Å². The first-order chi connectivity index (χ1) is 11.9. The van der Waals surface area contributed by atoms with Crippen molar-refractivity contribution in [1.82, 2.24) is 15.0 Å². The maximum atomic E-state index is 12.5. The largest absolute Gasteiger partial charge is 0.360 e. The molecule has 2 amide bonds. The van der Waals surface area contributed by atoms with Crippen LogP contribution in [0.4, 0.5) is 5.82 Å². The summed E-state index contributed by atoms with van der Waals surface area (Å²) in [6.07, 6.45) is 0. The Morgan fingerprint density at radius 3 is 2.56 bits per heavy atom. The molecule has 25 heavy (non-hydrogen) atoms. The maximum absolute atomic E-state index is 12.5. The van der Waals surface area contributed by atoms with Crippen molar-refractivity contribution in [2.24, 2.45) is 0 Å². The minimum atomic E-state index is -0.166. The molecule has 0 bridgehead atoms. The van der Waals surface area contributed by atoms with Crippen molar-refractivity contribution in [2.45, 2.75) is 6.92 Å². The quantitative estimate of drug-likeness (QED) is 0.850. The molecule has 0 unspecified atom stereocenters. The molecule has 7 nitrogen and oxygen atoms in total. The Morgan fingerprint density at radius 2 is 2.00 bits per heavy atom. The highest BCUT2D eigenvalue weighted by atomic mass is 35.5. The number of carbonyl (C=O) groups is 2. The lowest BCUT2D eigenvalue weighted by molar-refractivity contribution is -0.117. The Bertz CT molecular complexity index is 784. The molecule has 0 aliphatic carbocycles. The number of aryl methyl sites for hydroxylation is 1. The van der Waals surface area contributed by atoms with Gasteiger partial charge in [-0.05, 0) is 13.0 Å². The van der Waals surface area contributed by atoms with E-state index in [0.29, 0.717) is 52.0 Å². The molecule has 1 saturated heterocycles. The fourth-order valence-corrected chi connectivity index (χ4v) is 4.02. The first-order valence-electron chi connectivity index (χ1n) is 7.62. The molecular formula is C15H16Cl2N4O3S. The summed E-state index contributed by atoms with van der Waals surface area (Å²) in [5, 5.41) is 6.41. The van der Waals surface area contributed by atoms with Crippen LogP contribution in [-0.2, 0) is 4.79 Å². The molecule has 0 spiro atoms. The van der Waals surface area contributed by atoms with Gasteiger partial charge in [-0.15, -0.1) is 11.3 Å². The zero-order chi connectivity index (χ0) is 18.0. The second kappa shape index (κ2) is 7.74. The maximum Gasteiger partial charge on any atom is 0.256 e. The highest BCUT2D eigenvalue weighted by Gasteiger charge is 2.25. The summed E-state index contributed by atoms with van der Waals surface area (Å²) in [6.45, 7) is 4.25. The molecule has 1 N–H and O–H groups in total. The van der Waals surface area contributed by atoms with Crippen molar-refractivity contribution < 1.29 is 14.1 Å². The lowest BCUT2D eigenvalue weighted by Crippen LogP contribution is -2.50. The molecule has 3 heterocycles. The second-order valence-electron chi connectivity index (χ2n) is 5.68.